The van der Waals surface area contributed by atoms with E-state index in [1.165, 1.54) is 18.2 Å². The van der Waals surface area contributed by atoms with Crippen LogP contribution in [0, 0.1) is 11.6 Å². The molecule has 1 N–H and O–H groups in total. The average molecular weight is 380 g/mol. The van der Waals surface area contributed by atoms with Gasteiger partial charge in [0.1, 0.15) is 11.6 Å². The molecule has 3 rings (SSSR count). The van der Waals surface area contributed by atoms with Crippen molar-refractivity contribution < 1.29 is 18.7 Å². The number of benzene rings is 3. The van der Waals surface area contributed by atoms with Crippen LogP contribution in [0.5, 0.6) is 0 Å². The molecule has 0 amide bonds. The zero-order valence-electron chi connectivity index (χ0n) is 15.7. The Morgan fingerprint density at radius 2 is 1.50 bits per heavy atom. The van der Waals surface area contributed by atoms with Gasteiger partial charge in [0.25, 0.3) is 0 Å². The number of aromatic carboxylic acids is 1. The largest absolute Gasteiger partial charge is 0.478 e. The maximum Gasteiger partial charge on any atom is 0.338 e. The fraction of sp³-hybridized carbons (Fsp3) is 0.208. The van der Waals surface area contributed by atoms with E-state index in [1.807, 2.05) is 24.3 Å². The Balaban J connectivity index is 2.07. The summed E-state index contributed by atoms with van der Waals surface area (Å²) in [7, 11) is 0. The smallest absolute Gasteiger partial charge is 0.338 e. The van der Waals surface area contributed by atoms with Crippen molar-refractivity contribution >= 4 is 5.97 Å². The van der Waals surface area contributed by atoms with E-state index in [1.54, 1.807) is 18.2 Å². The minimum atomic E-state index is -1.32. The molecule has 0 heterocycles. The summed E-state index contributed by atoms with van der Waals surface area (Å²) in [6.07, 6.45) is 4.36. The minimum absolute atomic E-state index is 0.214. The van der Waals surface area contributed by atoms with Crippen LogP contribution in [0.2, 0.25) is 0 Å². The van der Waals surface area contributed by atoms with Crippen LogP contribution in [0.15, 0.2) is 60.7 Å². The molecule has 3 aromatic rings. The SMILES string of the molecule is CCCCCc1ccc(-c2c(-c3ccc(F)cc3)ccc(C(=O)O)c2F)cc1. The van der Waals surface area contributed by atoms with Crippen LogP contribution in [0.3, 0.4) is 0 Å². The quantitative estimate of drug-likeness (QED) is 0.461. The molecule has 4 heteroatoms. The summed E-state index contributed by atoms with van der Waals surface area (Å²) >= 11 is 0. The van der Waals surface area contributed by atoms with Gasteiger partial charge in [0, 0.05) is 5.56 Å². The summed E-state index contributed by atoms with van der Waals surface area (Å²) in [6, 6.07) is 16.1. The lowest BCUT2D eigenvalue weighted by Gasteiger charge is -2.14. The van der Waals surface area contributed by atoms with E-state index in [4.69, 9.17) is 0 Å². The van der Waals surface area contributed by atoms with Crippen molar-refractivity contribution in [1.82, 2.24) is 0 Å². The Morgan fingerprint density at radius 1 is 0.857 bits per heavy atom. The van der Waals surface area contributed by atoms with Gasteiger partial charge in [-0.2, -0.15) is 0 Å². The molecule has 2 nitrogen and oxygen atoms in total. The number of unbranched alkanes of at least 4 members (excludes halogenated alkanes) is 2. The molecular formula is C24H22F2O2. The van der Waals surface area contributed by atoms with E-state index < -0.39 is 11.8 Å². The highest BCUT2D eigenvalue weighted by atomic mass is 19.1. The number of hydrogen-bond acceptors (Lipinski definition) is 1. The molecule has 144 valence electrons. The molecule has 0 radical (unpaired) electrons. The van der Waals surface area contributed by atoms with E-state index in [-0.39, 0.29) is 16.9 Å². The first-order valence-electron chi connectivity index (χ1n) is 9.42. The van der Waals surface area contributed by atoms with Crippen molar-refractivity contribution in [1.29, 1.82) is 0 Å². The third kappa shape index (κ3) is 4.28. The monoisotopic (exact) mass is 380 g/mol. The third-order valence-corrected chi connectivity index (χ3v) is 4.84. The summed E-state index contributed by atoms with van der Waals surface area (Å²) in [5.74, 6) is -2.49. The van der Waals surface area contributed by atoms with Gasteiger partial charge in [0.05, 0.1) is 5.56 Å². The molecule has 3 aromatic carbocycles. The second-order valence-corrected chi connectivity index (χ2v) is 6.82. The molecule has 28 heavy (non-hydrogen) atoms. The van der Waals surface area contributed by atoms with Crippen LogP contribution >= 0.6 is 0 Å². The number of aryl methyl sites for hydroxylation is 1. The first-order chi connectivity index (χ1) is 13.5. The maximum atomic E-state index is 15.1. The normalized spacial score (nSPS) is 10.8. The number of carboxylic acids is 1. The van der Waals surface area contributed by atoms with Crippen LogP contribution in [0.4, 0.5) is 8.78 Å². The number of halogens is 2. The van der Waals surface area contributed by atoms with Crippen LogP contribution in [0.25, 0.3) is 22.3 Å². The number of carboxylic acid groups (broad SMARTS) is 1. The number of rotatable bonds is 7. The van der Waals surface area contributed by atoms with Crippen molar-refractivity contribution in [2.24, 2.45) is 0 Å². The molecule has 0 aliphatic heterocycles. The highest BCUT2D eigenvalue weighted by Crippen LogP contribution is 2.36. The standard InChI is InChI=1S/C24H22F2O2/c1-2-3-4-5-16-6-8-18(9-7-16)22-20(17-10-12-19(25)13-11-17)14-15-21(23(22)26)24(27)28/h6-15H,2-5H2,1H3,(H,27,28). The van der Waals surface area contributed by atoms with Gasteiger partial charge < -0.3 is 5.11 Å². The van der Waals surface area contributed by atoms with Crippen molar-refractivity contribution in [3.63, 3.8) is 0 Å². The molecule has 0 saturated carbocycles. The van der Waals surface area contributed by atoms with Crippen LogP contribution in [-0.2, 0) is 6.42 Å². The van der Waals surface area contributed by atoms with E-state index in [2.05, 4.69) is 6.92 Å². The van der Waals surface area contributed by atoms with E-state index >= 15 is 4.39 Å². The topological polar surface area (TPSA) is 37.3 Å². The summed E-state index contributed by atoms with van der Waals surface area (Å²) in [6.45, 7) is 2.15. The zero-order chi connectivity index (χ0) is 20.1. The van der Waals surface area contributed by atoms with Gasteiger partial charge in [-0.05, 0) is 53.3 Å². The lowest BCUT2D eigenvalue weighted by atomic mass is 9.91. The number of carbonyl (C=O) groups is 1. The summed E-state index contributed by atoms with van der Waals surface area (Å²) in [4.78, 5) is 11.4. The second kappa shape index (κ2) is 8.79. The highest BCUT2D eigenvalue weighted by molar-refractivity contribution is 5.94. The molecule has 0 atom stereocenters. The first kappa shape index (κ1) is 19.7. The Bertz CT molecular complexity index is 961. The van der Waals surface area contributed by atoms with Crippen molar-refractivity contribution in [2.45, 2.75) is 32.6 Å². The average Bonchev–Trinajstić information content (AvgIpc) is 2.69. The van der Waals surface area contributed by atoms with Crippen molar-refractivity contribution in [2.75, 3.05) is 0 Å². The Morgan fingerprint density at radius 3 is 2.11 bits per heavy atom. The van der Waals surface area contributed by atoms with Crippen LogP contribution in [-0.4, -0.2) is 11.1 Å². The minimum Gasteiger partial charge on any atom is -0.478 e. The Hall–Kier alpha value is -3.01. The second-order valence-electron chi connectivity index (χ2n) is 6.82. The van der Waals surface area contributed by atoms with E-state index in [0.717, 1.165) is 31.2 Å². The molecule has 0 aliphatic rings. The van der Waals surface area contributed by atoms with Crippen LogP contribution in [0.1, 0.15) is 42.1 Å². The molecule has 0 fully saturated rings. The van der Waals surface area contributed by atoms with Gasteiger partial charge in [-0.3, -0.25) is 0 Å². The Kier molecular flexibility index (Phi) is 6.19. The maximum absolute atomic E-state index is 15.1. The van der Waals surface area contributed by atoms with Crippen molar-refractivity contribution in [3.8, 4) is 22.3 Å². The summed E-state index contributed by atoms with van der Waals surface area (Å²) < 4.78 is 28.4. The molecule has 0 saturated heterocycles. The van der Waals surface area contributed by atoms with E-state index in [9.17, 15) is 14.3 Å². The fourth-order valence-corrected chi connectivity index (χ4v) is 3.31. The number of hydrogen-bond donors (Lipinski definition) is 1. The van der Waals surface area contributed by atoms with Gasteiger partial charge in [-0.1, -0.05) is 62.2 Å². The predicted molar refractivity (Wildman–Crippen MR) is 107 cm³/mol. The van der Waals surface area contributed by atoms with Gasteiger partial charge in [0.2, 0.25) is 0 Å². The highest BCUT2D eigenvalue weighted by Gasteiger charge is 2.20. The fourth-order valence-electron chi connectivity index (χ4n) is 3.31. The van der Waals surface area contributed by atoms with Gasteiger partial charge >= 0.3 is 5.97 Å². The zero-order valence-corrected chi connectivity index (χ0v) is 15.7. The Labute approximate surface area is 163 Å². The van der Waals surface area contributed by atoms with Gasteiger partial charge in [-0.25, -0.2) is 13.6 Å². The third-order valence-electron chi connectivity index (χ3n) is 4.84. The molecule has 0 bridgehead atoms. The lowest BCUT2D eigenvalue weighted by Crippen LogP contribution is -2.03. The lowest BCUT2D eigenvalue weighted by molar-refractivity contribution is 0.0692. The summed E-state index contributed by atoms with van der Waals surface area (Å²) in [5, 5.41) is 9.31. The molecule has 0 unspecified atom stereocenters. The molecule has 0 aliphatic carbocycles. The molecule has 0 spiro atoms. The van der Waals surface area contributed by atoms with Crippen LogP contribution < -0.4 is 0 Å². The van der Waals surface area contributed by atoms with Gasteiger partial charge in [0.15, 0.2) is 0 Å². The molecule has 0 aromatic heterocycles. The first-order valence-corrected chi connectivity index (χ1v) is 9.42. The van der Waals surface area contributed by atoms with E-state index in [0.29, 0.717) is 16.7 Å². The predicted octanol–water partition coefficient (Wildman–Crippen LogP) is 6.73. The molecular weight excluding hydrogens is 358 g/mol. The summed E-state index contributed by atoms with van der Waals surface area (Å²) in [5.41, 5.74) is 2.74. The van der Waals surface area contributed by atoms with Crippen molar-refractivity contribution in [3.05, 3.63) is 83.4 Å². The van der Waals surface area contributed by atoms with Gasteiger partial charge in [-0.15, -0.1) is 0 Å².